The number of rotatable bonds is 5. The second kappa shape index (κ2) is 5.15. The standard InChI is InChI=1S/C9H16N6O/c1-3-12-6-4-7(15-9(11)14-6)13-5(2)8(10)16/h4-5H,3H2,1-2H3,(H2,10,16)(H4,11,12,13,14,15). The minimum absolute atomic E-state index is 0.137. The van der Waals surface area contributed by atoms with E-state index < -0.39 is 11.9 Å². The minimum Gasteiger partial charge on any atom is -0.370 e. The number of hydrogen-bond acceptors (Lipinski definition) is 6. The van der Waals surface area contributed by atoms with Gasteiger partial charge in [0.1, 0.15) is 17.7 Å². The maximum Gasteiger partial charge on any atom is 0.239 e. The van der Waals surface area contributed by atoms with Crippen LogP contribution in [-0.4, -0.2) is 28.5 Å². The number of nitrogens with one attached hydrogen (secondary N) is 2. The number of hydrogen-bond donors (Lipinski definition) is 4. The predicted molar refractivity (Wildman–Crippen MR) is 62.9 cm³/mol. The van der Waals surface area contributed by atoms with E-state index in [-0.39, 0.29) is 5.95 Å². The van der Waals surface area contributed by atoms with E-state index in [4.69, 9.17) is 11.5 Å². The van der Waals surface area contributed by atoms with Gasteiger partial charge in [0, 0.05) is 12.6 Å². The highest BCUT2D eigenvalue weighted by molar-refractivity contribution is 5.82. The Bertz CT molecular complexity index is 380. The van der Waals surface area contributed by atoms with Crippen LogP contribution in [0, 0.1) is 0 Å². The molecule has 88 valence electrons. The third kappa shape index (κ3) is 3.26. The topological polar surface area (TPSA) is 119 Å². The summed E-state index contributed by atoms with van der Waals surface area (Å²) >= 11 is 0. The number of anilines is 3. The van der Waals surface area contributed by atoms with Gasteiger partial charge in [0.15, 0.2) is 0 Å². The molecule has 0 aromatic carbocycles. The number of carbonyl (C=O) groups is 1. The molecule has 0 aliphatic carbocycles. The molecule has 0 saturated carbocycles. The molecule has 1 aromatic rings. The minimum atomic E-state index is -0.510. The maximum atomic E-state index is 10.9. The molecule has 1 aromatic heterocycles. The van der Waals surface area contributed by atoms with E-state index in [2.05, 4.69) is 20.6 Å². The Morgan fingerprint density at radius 1 is 1.50 bits per heavy atom. The maximum absolute atomic E-state index is 10.9. The summed E-state index contributed by atoms with van der Waals surface area (Å²) in [6, 6.07) is 1.16. The molecule has 0 aliphatic rings. The first-order valence-corrected chi connectivity index (χ1v) is 4.97. The number of carbonyl (C=O) groups excluding carboxylic acids is 1. The van der Waals surface area contributed by atoms with Crippen LogP contribution in [0.1, 0.15) is 13.8 Å². The predicted octanol–water partition coefficient (Wildman–Crippen LogP) is -0.224. The van der Waals surface area contributed by atoms with Gasteiger partial charge in [0.2, 0.25) is 11.9 Å². The summed E-state index contributed by atoms with van der Waals surface area (Å²) in [7, 11) is 0. The highest BCUT2D eigenvalue weighted by atomic mass is 16.1. The molecule has 6 N–H and O–H groups in total. The molecule has 0 aliphatic heterocycles. The van der Waals surface area contributed by atoms with Crippen molar-refractivity contribution < 1.29 is 4.79 Å². The number of nitrogen functional groups attached to an aromatic ring is 1. The van der Waals surface area contributed by atoms with Gasteiger partial charge in [-0.2, -0.15) is 9.97 Å². The third-order valence-electron chi connectivity index (χ3n) is 1.89. The Kier molecular flexibility index (Phi) is 3.87. The van der Waals surface area contributed by atoms with Crippen molar-refractivity contribution in [2.45, 2.75) is 19.9 Å². The number of aromatic nitrogens is 2. The molecular formula is C9H16N6O. The zero-order chi connectivity index (χ0) is 12.1. The lowest BCUT2D eigenvalue weighted by Crippen LogP contribution is -2.32. The summed E-state index contributed by atoms with van der Waals surface area (Å²) < 4.78 is 0. The summed E-state index contributed by atoms with van der Waals surface area (Å²) in [5, 5.41) is 5.84. The zero-order valence-electron chi connectivity index (χ0n) is 9.32. The lowest BCUT2D eigenvalue weighted by Gasteiger charge is -2.12. The van der Waals surface area contributed by atoms with Crippen molar-refractivity contribution in [3.05, 3.63) is 6.07 Å². The quantitative estimate of drug-likeness (QED) is 0.549. The molecule has 16 heavy (non-hydrogen) atoms. The largest absolute Gasteiger partial charge is 0.370 e. The monoisotopic (exact) mass is 224 g/mol. The molecule has 1 rings (SSSR count). The van der Waals surface area contributed by atoms with Crippen LogP contribution in [-0.2, 0) is 4.79 Å². The Hall–Kier alpha value is -2.05. The SMILES string of the molecule is CCNc1cc(NC(C)C(N)=O)nc(N)n1. The van der Waals surface area contributed by atoms with Gasteiger partial charge in [-0.3, -0.25) is 4.79 Å². The first kappa shape index (κ1) is 12.0. The van der Waals surface area contributed by atoms with Gasteiger partial charge >= 0.3 is 0 Å². The molecule has 0 spiro atoms. The van der Waals surface area contributed by atoms with Gasteiger partial charge in [-0.25, -0.2) is 0 Å². The summed E-state index contributed by atoms with van der Waals surface area (Å²) in [6.07, 6.45) is 0. The van der Waals surface area contributed by atoms with Crippen molar-refractivity contribution in [3.8, 4) is 0 Å². The van der Waals surface area contributed by atoms with Crippen molar-refractivity contribution in [3.63, 3.8) is 0 Å². The average Bonchev–Trinajstić information content (AvgIpc) is 2.16. The molecule has 7 heteroatoms. The molecule has 7 nitrogen and oxygen atoms in total. The Labute approximate surface area is 93.6 Å². The summed E-state index contributed by atoms with van der Waals surface area (Å²) in [4.78, 5) is 18.8. The summed E-state index contributed by atoms with van der Waals surface area (Å²) in [5.41, 5.74) is 10.6. The number of primary amides is 1. The third-order valence-corrected chi connectivity index (χ3v) is 1.89. The fourth-order valence-electron chi connectivity index (χ4n) is 1.10. The smallest absolute Gasteiger partial charge is 0.239 e. The normalized spacial score (nSPS) is 11.9. The van der Waals surface area contributed by atoms with Gasteiger partial charge in [-0.15, -0.1) is 0 Å². The molecule has 0 bridgehead atoms. The van der Waals surface area contributed by atoms with Crippen LogP contribution in [0.15, 0.2) is 6.07 Å². The average molecular weight is 224 g/mol. The van der Waals surface area contributed by atoms with E-state index in [9.17, 15) is 4.79 Å². The molecule has 0 saturated heterocycles. The molecule has 0 radical (unpaired) electrons. The van der Waals surface area contributed by atoms with Crippen LogP contribution in [0.4, 0.5) is 17.6 Å². The number of nitrogens with zero attached hydrogens (tertiary/aromatic N) is 2. The van der Waals surface area contributed by atoms with Crippen LogP contribution < -0.4 is 22.1 Å². The van der Waals surface area contributed by atoms with Crippen molar-refractivity contribution in [1.29, 1.82) is 0 Å². The fraction of sp³-hybridized carbons (Fsp3) is 0.444. The Morgan fingerprint density at radius 2 is 2.12 bits per heavy atom. The van der Waals surface area contributed by atoms with Crippen LogP contribution in [0.3, 0.4) is 0 Å². The fourth-order valence-corrected chi connectivity index (χ4v) is 1.10. The van der Waals surface area contributed by atoms with Crippen LogP contribution in [0.5, 0.6) is 0 Å². The molecule has 1 unspecified atom stereocenters. The molecule has 1 amide bonds. The summed E-state index contributed by atoms with van der Waals surface area (Å²) in [6.45, 7) is 4.31. The van der Waals surface area contributed by atoms with E-state index in [1.54, 1.807) is 13.0 Å². The molecule has 1 atom stereocenters. The number of amides is 1. The summed E-state index contributed by atoms with van der Waals surface area (Å²) in [5.74, 6) is 0.753. The molecule has 1 heterocycles. The van der Waals surface area contributed by atoms with E-state index in [1.807, 2.05) is 6.92 Å². The van der Waals surface area contributed by atoms with Gasteiger partial charge < -0.3 is 22.1 Å². The Morgan fingerprint density at radius 3 is 2.69 bits per heavy atom. The van der Waals surface area contributed by atoms with Gasteiger partial charge in [0.05, 0.1) is 0 Å². The zero-order valence-corrected chi connectivity index (χ0v) is 9.32. The molecule has 0 fully saturated rings. The van der Waals surface area contributed by atoms with Gasteiger partial charge in [-0.1, -0.05) is 0 Å². The first-order valence-electron chi connectivity index (χ1n) is 4.97. The lowest BCUT2D eigenvalue weighted by atomic mass is 10.3. The lowest BCUT2D eigenvalue weighted by molar-refractivity contribution is -0.118. The second-order valence-corrected chi connectivity index (χ2v) is 3.30. The van der Waals surface area contributed by atoms with Gasteiger partial charge in [-0.05, 0) is 13.8 Å². The highest BCUT2D eigenvalue weighted by Crippen LogP contribution is 2.12. The van der Waals surface area contributed by atoms with Crippen LogP contribution in [0.2, 0.25) is 0 Å². The highest BCUT2D eigenvalue weighted by Gasteiger charge is 2.10. The van der Waals surface area contributed by atoms with E-state index in [0.29, 0.717) is 11.6 Å². The van der Waals surface area contributed by atoms with Crippen molar-refractivity contribution >= 4 is 23.5 Å². The van der Waals surface area contributed by atoms with E-state index in [1.165, 1.54) is 0 Å². The van der Waals surface area contributed by atoms with Gasteiger partial charge in [0.25, 0.3) is 0 Å². The number of nitrogens with two attached hydrogens (primary N) is 2. The van der Waals surface area contributed by atoms with Crippen molar-refractivity contribution in [1.82, 2.24) is 9.97 Å². The molecular weight excluding hydrogens is 208 g/mol. The second-order valence-electron chi connectivity index (χ2n) is 3.30. The van der Waals surface area contributed by atoms with Crippen LogP contribution in [0.25, 0.3) is 0 Å². The van der Waals surface area contributed by atoms with E-state index in [0.717, 1.165) is 6.54 Å². The van der Waals surface area contributed by atoms with Crippen molar-refractivity contribution in [2.24, 2.45) is 5.73 Å². The van der Waals surface area contributed by atoms with Crippen molar-refractivity contribution in [2.75, 3.05) is 22.9 Å². The first-order chi connectivity index (χ1) is 7.52. The van der Waals surface area contributed by atoms with Crippen LogP contribution >= 0.6 is 0 Å². The Balaban J connectivity index is 2.83. The van der Waals surface area contributed by atoms with E-state index >= 15 is 0 Å².